The smallest absolute Gasteiger partial charge is 0.341 e. The highest BCUT2D eigenvalue weighted by Crippen LogP contribution is 2.21. The predicted octanol–water partition coefficient (Wildman–Crippen LogP) is 4.47. The van der Waals surface area contributed by atoms with Gasteiger partial charge in [-0.15, -0.1) is 0 Å². The molecule has 20 heavy (non-hydrogen) atoms. The Bertz CT molecular complexity index is 482. The normalized spacial score (nSPS) is 20.6. The summed E-state index contributed by atoms with van der Waals surface area (Å²) in [6.07, 6.45) is 6.99. The van der Waals surface area contributed by atoms with Crippen LogP contribution in [0.15, 0.2) is 34.8 Å². The summed E-state index contributed by atoms with van der Waals surface area (Å²) in [7, 11) is 0. The van der Waals surface area contributed by atoms with E-state index in [2.05, 4.69) is 22.0 Å². The fourth-order valence-corrected chi connectivity index (χ4v) is 2.54. The maximum Gasteiger partial charge on any atom is 0.341 e. The zero-order chi connectivity index (χ0) is 14.2. The molecule has 0 spiro atoms. The molecule has 1 aromatic carbocycles. The summed E-state index contributed by atoms with van der Waals surface area (Å²) in [4.78, 5) is 12.0. The average Bonchev–Trinajstić information content (AvgIpc) is 2.46. The molecule has 108 valence electrons. The number of ether oxygens (including phenoxy) is 2. The quantitative estimate of drug-likeness (QED) is 0.655. The largest absolute Gasteiger partial charge is 0.493 e. The van der Waals surface area contributed by atoms with Gasteiger partial charge in [-0.25, -0.2) is 4.79 Å². The van der Waals surface area contributed by atoms with Crippen molar-refractivity contribution < 1.29 is 14.3 Å². The minimum Gasteiger partial charge on any atom is -0.493 e. The number of halogens is 1. The van der Waals surface area contributed by atoms with Gasteiger partial charge in [0, 0.05) is 0 Å². The highest BCUT2D eigenvalue weighted by Gasteiger charge is 2.13. The van der Waals surface area contributed by atoms with Crippen molar-refractivity contribution in [2.75, 3.05) is 13.2 Å². The molecule has 0 unspecified atom stereocenters. The summed E-state index contributed by atoms with van der Waals surface area (Å²) < 4.78 is 12.2. The molecule has 1 aliphatic rings. The Morgan fingerprint density at radius 1 is 1.00 bits per heavy atom. The van der Waals surface area contributed by atoms with E-state index < -0.39 is 0 Å². The van der Waals surface area contributed by atoms with Gasteiger partial charge in [-0.3, -0.25) is 0 Å². The van der Waals surface area contributed by atoms with Crippen molar-refractivity contribution in [3.63, 3.8) is 0 Å². The molecule has 0 aromatic heterocycles. The van der Waals surface area contributed by atoms with Crippen molar-refractivity contribution in [3.05, 3.63) is 40.4 Å². The van der Waals surface area contributed by atoms with Gasteiger partial charge in [0.2, 0.25) is 0 Å². The summed E-state index contributed by atoms with van der Waals surface area (Å²) >= 11 is 3.56. The van der Waals surface area contributed by atoms with Gasteiger partial charge in [-0.2, -0.15) is 0 Å². The third kappa shape index (κ3) is 4.67. The minimum atomic E-state index is -0.299. The van der Waals surface area contributed by atoms with Crippen LogP contribution in [-0.2, 0) is 4.74 Å². The number of esters is 1. The fourth-order valence-electron chi connectivity index (χ4n) is 2.03. The van der Waals surface area contributed by atoms with Crippen LogP contribution < -0.4 is 4.74 Å². The van der Waals surface area contributed by atoms with Crippen LogP contribution in [0, 0.1) is 0 Å². The van der Waals surface area contributed by atoms with Gasteiger partial charge in [-0.1, -0.05) is 34.1 Å². The molecule has 1 aromatic rings. The maximum absolute atomic E-state index is 12.0. The Labute approximate surface area is 128 Å². The molecule has 1 heterocycles. The van der Waals surface area contributed by atoms with E-state index in [0.717, 1.165) is 32.1 Å². The van der Waals surface area contributed by atoms with Crippen molar-refractivity contribution in [3.8, 4) is 5.75 Å². The molecule has 0 fully saturated rings. The van der Waals surface area contributed by atoms with Gasteiger partial charge in [-0.05, 0) is 48.7 Å². The van der Waals surface area contributed by atoms with Crippen LogP contribution in [0.2, 0.25) is 0 Å². The molecule has 3 nitrogen and oxygen atoms in total. The van der Waals surface area contributed by atoms with Crippen LogP contribution in [0.4, 0.5) is 0 Å². The van der Waals surface area contributed by atoms with Crippen LogP contribution in [0.25, 0.3) is 0 Å². The lowest BCUT2D eigenvalue weighted by Crippen LogP contribution is -2.09. The van der Waals surface area contributed by atoms with E-state index in [9.17, 15) is 4.79 Å². The maximum atomic E-state index is 12.0. The lowest BCUT2D eigenvalue weighted by atomic mass is 10.2. The molecule has 0 radical (unpaired) electrons. The van der Waals surface area contributed by atoms with E-state index in [4.69, 9.17) is 9.47 Å². The number of benzene rings is 1. The molecular formula is C16H19BrO3. The van der Waals surface area contributed by atoms with Crippen LogP contribution in [0.5, 0.6) is 5.75 Å². The summed E-state index contributed by atoms with van der Waals surface area (Å²) in [6.45, 7) is 1.05. The Balaban J connectivity index is 2.07. The average molecular weight is 339 g/mol. The number of rotatable bonds is 0. The summed E-state index contributed by atoms with van der Waals surface area (Å²) in [5.41, 5.74) is 0.515. The Hall–Kier alpha value is -1.29. The number of hydrogen-bond acceptors (Lipinski definition) is 3. The van der Waals surface area contributed by atoms with Crippen LogP contribution in [0.3, 0.4) is 0 Å². The molecule has 1 aliphatic heterocycles. The standard InChI is InChI=1S/C16H19BrO3/c17-13-7-3-5-11-19-15-10-2-1-9-14(15)16(18)20-12-6-4-8-13/h1-2,7,9-10H,3-6,8,11-12H2/b13-7+. The van der Waals surface area contributed by atoms with Crippen LogP contribution in [0.1, 0.15) is 42.5 Å². The first-order valence-corrected chi connectivity index (χ1v) is 7.80. The van der Waals surface area contributed by atoms with Crippen molar-refractivity contribution in [1.82, 2.24) is 0 Å². The molecular weight excluding hydrogens is 320 g/mol. The van der Waals surface area contributed by atoms with Crippen LogP contribution in [-0.4, -0.2) is 19.2 Å². The van der Waals surface area contributed by atoms with Gasteiger partial charge in [0.15, 0.2) is 0 Å². The van der Waals surface area contributed by atoms with E-state index in [1.165, 1.54) is 4.48 Å². The van der Waals surface area contributed by atoms with Crippen molar-refractivity contribution >= 4 is 21.9 Å². The van der Waals surface area contributed by atoms with E-state index >= 15 is 0 Å². The topological polar surface area (TPSA) is 35.5 Å². The molecule has 0 saturated carbocycles. The Morgan fingerprint density at radius 2 is 1.80 bits per heavy atom. The molecule has 0 N–H and O–H groups in total. The molecule has 4 heteroatoms. The first-order chi connectivity index (χ1) is 9.77. The number of allylic oxidation sites excluding steroid dienone is 2. The number of fused-ring (bicyclic) bond motifs is 1. The van der Waals surface area contributed by atoms with Gasteiger partial charge in [0.1, 0.15) is 11.3 Å². The minimum absolute atomic E-state index is 0.299. The zero-order valence-corrected chi connectivity index (χ0v) is 13.0. The molecule has 0 amide bonds. The van der Waals surface area contributed by atoms with E-state index in [1.54, 1.807) is 6.07 Å². The third-order valence-corrected chi connectivity index (χ3v) is 3.84. The van der Waals surface area contributed by atoms with Gasteiger partial charge < -0.3 is 9.47 Å². The number of para-hydroxylation sites is 1. The zero-order valence-electron chi connectivity index (χ0n) is 11.4. The Kier molecular flexibility index (Phi) is 6.12. The van der Waals surface area contributed by atoms with Gasteiger partial charge in [0.05, 0.1) is 13.2 Å². The summed E-state index contributed by atoms with van der Waals surface area (Å²) in [6, 6.07) is 7.26. The van der Waals surface area contributed by atoms with E-state index in [-0.39, 0.29) is 5.97 Å². The number of carbonyl (C=O) groups excluding carboxylic acids is 1. The summed E-state index contributed by atoms with van der Waals surface area (Å²) in [5, 5.41) is 0. The first kappa shape index (κ1) is 15.1. The second kappa shape index (κ2) is 8.10. The molecule has 2 rings (SSSR count). The second-order valence-corrected chi connectivity index (χ2v) is 5.75. The molecule has 0 saturated heterocycles. The van der Waals surface area contributed by atoms with Gasteiger partial charge in [0.25, 0.3) is 0 Å². The molecule has 0 aliphatic carbocycles. The summed E-state index contributed by atoms with van der Waals surface area (Å²) in [5.74, 6) is 0.310. The third-order valence-electron chi connectivity index (χ3n) is 3.12. The Morgan fingerprint density at radius 3 is 2.70 bits per heavy atom. The number of hydrogen-bond donors (Lipinski definition) is 0. The predicted molar refractivity (Wildman–Crippen MR) is 82.3 cm³/mol. The second-order valence-electron chi connectivity index (χ2n) is 4.73. The fraction of sp³-hybridized carbons (Fsp3) is 0.438. The van der Waals surface area contributed by atoms with Gasteiger partial charge >= 0.3 is 5.97 Å². The lowest BCUT2D eigenvalue weighted by molar-refractivity contribution is 0.0494. The van der Waals surface area contributed by atoms with Crippen molar-refractivity contribution in [2.24, 2.45) is 0 Å². The number of carbonyl (C=O) groups is 1. The highest BCUT2D eigenvalue weighted by atomic mass is 79.9. The number of cyclic esters (lactones) is 1. The van der Waals surface area contributed by atoms with E-state index in [1.807, 2.05) is 18.2 Å². The van der Waals surface area contributed by atoms with Crippen LogP contribution >= 0.6 is 15.9 Å². The van der Waals surface area contributed by atoms with Crippen molar-refractivity contribution in [2.45, 2.75) is 32.1 Å². The SMILES string of the molecule is O=C1OCCCC/C(Br)=C\CCCOc2ccccc21. The lowest BCUT2D eigenvalue weighted by Gasteiger charge is -2.11. The van der Waals surface area contributed by atoms with Crippen molar-refractivity contribution in [1.29, 1.82) is 0 Å². The molecule has 0 atom stereocenters. The monoisotopic (exact) mass is 338 g/mol. The highest BCUT2D eigenvalue weighted by molar-refractivity contribution is 9.11. The first-order valence-electron chi connectivity index (χ1n) is 7.01. The molecule has 0 bridgehead atoms. The van der Waals surface area contributed by atoms with E-state index in [0.29, 0.717) is 24.5 Å².